The third kappa shape index (κ3) is 3.03. The van der Waals surface area contributed by atoms with Crippen LogP contribution in [0.25, 0.3) is 11.4 Å². The number of hydrogen-bond acceptors (Lipinski definition) is 5. The molecular formula is C14H17FN4O. The molecule has 1 aromatic heterocycles. The van der Waals surface area contributed by atoms with E-state index < -0.39 is 5.82 Å². The summed E-state index contributed by atoms with van der Waals surface area (Å²) in [7, 11) is 0. The molecule has 2 aromatic rings. The van der Waals surface area contributed by atoms with Gasteiger partial charge >= 0.3 is 0 Å². The summed E-state index contributed by atoms with van der Waals surface area (Å²) in [4.78, 5) is 8.17. The first kappa shape index (κ1) is 14.2. The Morgan fingerprint density at radius 1 is 1.20 bits per heavy atom. The van der Waals surface area contributed by atoms with Gasteiger partial charge in [-0.05, 0) is 45.0 Å². The molecule has 0 spiro atoms. The van der Waals surface area contributed by atoms with Crippen molar-refractivity contribution >= 4 is 5.82 Å². The largest absolute Gasteiger partial charge is 0.491 e. The average Bonchev–Trinajstić information content (AvgIpc) is 2.42. The Labute approximate surface area is 117 Å². The van der Waals surface area contributed by atoms with Crippen molar-refractivity contribution in [1.29, 1.82) is 0 Å². The number of ether oxygens (including phenoxy) is 1. The molecule has 20 heavy (non-hydrogen) atoms. The lowest BCUT2D eigenvalue weighted by Gasteiger charge is -2.10. The smallest absolute Gasteiger partial charge is 0.187 e. The number of nitrogens with one attached hydrogen (secondary N) is 1. The molecule has 0 amide bonds. The summed E-state index contributed by atoms with van der Waals surface area (Å²) in [6.07, 6.45) is 0.109. The molecule has 2 rings (SSSR count). The molecule has 0 bridgehead atoms. The highest BCUT2D eigenvalue weighted by Crippen LogP contribution is 2.23. The van der Waals surface area contributed by atoms with Gasteiger partial charge in [0.2, 0.25) is 0 Å². The third-order valence-corrected chi connectivity index (χ3v) is 2.64. The molecule has 6 heteroatoms. The van der Waals surface area contributed by atoms with E-state index in [4.69, 9.17) is 10.6 Å². The fourth-order valence-electron chi connectivity index (χ4n) is 1.74. The SMILES string of the molecule is Cc1nc(-c2ccc(OC(C)C)cc2)nc(NN)c1F. The zero-order valence-corrected chi connectivity index (χ0v) is 11.6. The van der Waals surface area contributed by atoms with Crippen LogP contribution in [0, 0.1) is 12.7 Å². The maximum absolute atomic E-state index is 13.6. The number of hydrazine groups is 1. The van der Waals surface area contributed by atoms with Crippen molar-refractivity contribution in [3.8, 4) is 17.1 Å². The Balaban J connectivity index is 2.34. The number of nitrogens with zero attached hydrogens (tertiary/aromatic N) is 2. The van der Waals surface area contributed by atoms with Crippen molar-refractivity contribution in [2.45, 2.75) is 26.9 Å². The van der Waals surface area contributed by atoms with Crippen LogP contribution < -0.4 is 16.0 Å². The van der Waals surface area contributed by atoms with Crippen LogP contribution >= 0.6 is 0 Å². The molecule has 0 saturated carbocycles. The second kappa shape index (κ2) is 5.83. The van der Waals surface area contributed by atoms with Gasteiger partial charge in [0.05, 0.1) is 11.8 Å². The molecule has 3 N–H and O–H groups in total. The monoisotopic (exact) mass is 276 g/mol. The summed E-state index contributed by atoms with van der Waals surface area (Å²) in [5.74, 6) is 5.86. The Hall–Kier alpha value is -2.21. The quantitative estimate of drug-likeness (QED) is 0.663. The highest BCUT2D eigenvalue weighted by molar-refractivity contribution is 5.58. The topological polar surface area (TPSA) is 73.1 Å². The summed E-state index contributed by atoms with van der Waals surface area (Å²) in [5, 5.41) is 0. The number of aryl methyl sites for hydroxylation is 1. The molecule has 0 aliphatic rings. The number of hydrogen-bond donors (Lipinski definition) is 2. The molecule has 5 nitrogen and oxygen atoms in total. The first-order valence-electron chi connectivity index (χ1n) is 6.29. The van der Waals surface area contributed by atoms with E-state index in [0.29, 0.717) is 5.82 Å². The maximum Gasteiger partial charge on any atom is 0.187 e. The third-order valence-electron chi connectivity index (χ3n) is 2.64. The number of nitrogen functional groups attached to an aromatic ring is 1. The lowest BCUT2D eigenvalue weighted by Crippen LogP contribution is -2.13. The standard InChI is InChI=1S/C14H17FN4O/c1-8(2)20-11-6-4-10(5-7-11)13-17-9(3)12(15)14(18-13)19-16/h4-8H,16H2,1-3H3,(H,17,18,19). The Kier molecular flexibility index (Phi) is 4.14. The zero-order valence-electron chi connectivity index (χ0n) is 11.6. The van der Waals surface area contributed by atoms with Gasteiger partial charge in [-0.15, -0.1) is 0 Å². The lowest BCUT2D eigenvalue weighted by atomic mass is 10.2. The summed E-state index contributed by atoms with van der Waals surface area (Å²) >= 11 is 0. The Bertz CT molecular complexity index is 599. The minimum absolute atomic E-state index is 0.0185. The number of benzene rings is 1. The minimum Gasteiger partial charge on any atom is -0.491 e. The zero-order chi connectivity index (χ0) is 14.7. The van der Waals surface area contributed by atoms with Crippen molar-refractivity contribution in [2.24, 2.45) is 5.84 Å². The van der Waals surface area contributed by atoms with Crippen molar-refractivity contribution in [2.75, 3.05) is 5.43 Å². The molecule has 0 radical (unpaired) electrons. The van der Waals surface area contributed by atoms with Gasteiger partial charge in [0, 0.05) is 5.56 Å². The van der Waals surface area contributed by atoms with Crippen LogP contribution in [0.2, 0.25) is 0 Å². The molecule has 106 valence electrons. The summed E-state index contributed by atoms with van der Waals surface area (Å²) in [6, 6.07) is 7.30. The fourth-order valence-corrected chi connectivity index (χ4v) is 1.74. The van der Waals surface area contributed by atoms with E-state index in [-0.39, 0.29) is 17.6 Å². The normalized spacial score (nSPS) is 10.7. The fraction of sp³-hybridized carbons (Fsp3) is 0.286. The van der Waals surface area contributed by atoms with Crippen molar-refractivity contribution in [1.82, 2.24) is 9.97 Å². The lowest BCUT2D eigenvalue weighted by molar-refractivity contribution is 0.242. The minimum atomic E-state index is -0.545. The van der Waals surface area contributed by atoms with E-state index in [1.165, 1.54) is 0 Å². The van der Waals surface area contributed by atoms with E-state index in [9.17, 15) is 4.39 Å². The van der Waals surface area contributed by atoms with Gasteiger partial charge in [-0.1, -0.05) is 0 Å². The van der Waals surface area contributed by atoms with Crippen LogP contribution in [-0.2, 0) is 0 Å². The van der Waals surface area contributed by atoms with E-state index in [1.807, 2.05) is 38.1 Å². The van der Waals surface area contributed by atoms with Gasteiger partial charge in [0.15, 0.2) is 17.5 Å². The van der Waals surface area contributed by atoms with Crippen LogP contribution in [0.5, 0.6) is 5.75 Å². The molecule has 0 unspecified atom stereocenters. The predicted octanol–water partition coefficient (Wildman–Crippen LogP) is 2.66. The Morgan fingerprint density at radius 3 is 2.40 bits per heavy atom. The Morgan fingerprint density at radius 2 is 1.85 bits per heavy atom. The van der Waals surface area contributed by atoms with Crippen molar-refractivity contribution in [3.05, 3.63) is 35.8 Å². The molecular weight excluding hydrogens is 259 g/mol. The van der Waals surface area contributed by atoms with Gasteiger partial charge in [-0.3, -0.25) is 0 Å². The molecule has 1 heterocycles. The second-order valence-electron chi connectivity index (χ2n) is 4.63. The number of nitrogens with two attached hydrogens (primary N) is 1. The molecule has 0 aliphatic heterocycles. The van der Waals surface area contributed by atoms with E-state index in [0.717, 1.165) is 11.3 Å². The van der Waals surface area contributed by atoms with Gasteiger partial charge in [0.25, 0.3) is 0 Å². The highest BCUT2D eigenvalue weighted by atomic mass is 19.1. The first-order valence-corrected chi connectivity index (χ1v) is 6.29. The number of halogens is 1. The summed E-state index contributed by atoms with van der Waals surface area (Å²) < 4.78 is 19.2. The van der Waals surface area contributed by atoms with Crippen LogP contribution in [-0.4, -0.2) is 16.1 Å². The molecule has 0 saturated heterocycles. The second-order valence-corrected chi connectivity index (χ2v) is 4.63. The van der Waals surface area contributed by atoms with E-state index >= 15 is 0 Å². The summed E-state index contributed by atoms with van der Waals surface area (Å²) in [6.45, 7) is 5.48. The molecule has 1 aromatic carbocycles. The van der Waals surface area contributed by atoms with Gasteiger partial charge < -0.3 is 10.2 Å². The van der Waals surface area contributed by atoms with Gasteiger partial charge in [-0.2, -0.15) is 0 Å². The van der Waals surface area contributed by atoms with E-state index in [2.05, 4.69) is 15.4 Å². The maximum atomic E-state index is 13.6. The van der Waals surface area contributed by atoms with Crippen LogP contribution in [0.1, 0.15) is 19.5 Å². The summed E-state index contributed by atoms with van der Waals surface area (Å²) in [5.41, 5.74) is 3.24. The molecule has 0 fully saturated rings. The van der Waals surface area contributed by atoms with Gasteiger partial charge in [-0.25, -0.2) is 20.2 Å². The van der Waals surface area contributed by atoms with Crippen molar-refractivity contribution in [3.63, 3.8) is 0 Å². The van der Waals surface area contributed by atoms with Crippen LogP contribution in [0.4, 0.5) is 10.2 Å². The van der Waals surface area contributed by atoms with Gasteiger partial charge in [0.1, 0.15) is 5.75 Å². The van der Waals surface area contributed by atoms with Crippen molar-refractivity contribution < 1.29 is 9.13 Å². The predicted molar refractivity (Wildman–Crippen MR) is 75.7 cm³/mol. The number of aromatic nitrogens is 2. The highest BCUT2D eigenvalue weighted by Gasteiger charge is 2.11. The number of rotatable bonds is 4. The van der Waals surface area contributed by atoms with Crippen LogP contribution in [0.15, 0.2) is 24.3 Å². The van der Waals surface area contributed by atoms with Crippen LogP contribution in [0.3, 0.4) is 0 Å². The number of anilines is 1. The molecule has 0 atom stereocenters. The van der Waals surface area contributed by atoms with E-state index in [1.54, 1.807) is 6.92 Å². The first-order chi connectivity index (χ1) is 9.51. The molecule has 0 aliphatic carbocycles. The average molecular weight is 276 g/mol.